The van der Waals surface area contributed by atoms with Crippen molar-refractivity contribution in [2.45, 2.75) is 64.0 Å². The van der Waals surface area contributed by atoms with E-state index >= 15 is 0 Å². The van der Waals surface area contributed by atoms with Crippen LogP contribution in [-0.4, -0.2) is 80.9 Å². The molecule has 2 amide bonds. The smallest absolute Gasteiger partial charge is 0.321 e. The number of hydrogen-bond donors (Lipinski definition) is 2. The molecule has 1 aliphatic carbocycles. The van der Waals surface area contributed by atoms with E-state index in [1.165, 1.54) is 24.9 Å². The van der Waals surface area contributed by atoms with Crippen LogP contribution in [0, 0.1) is 0 Å². The number of hydrogen-bond acceptors (Lipinski definition) is 6. The number of H-pyrrole nitrogens is 1. The fraction of sp³-hybridized carbons (Fsp3) is 0.571. The zero-order valence-corrected chi connectivity index (χ0v) is 22.4. The van der Waals surface area contributed by atoms with Crippen LogP contribution in [0.2, 0.25) is 0 Å². The zero-order chi connectivity index (χ0) is 26.2. The number of fused-ring (bicyclic) bond motifs is 1. The van der Waals surface area contributed by atoms with Crippen LogP contribution < -0.4 is 15.8 Å². The lowest BCUT2D eigenvalue weighted by Gasteiger charge is -2.38. The van der Waals surface area contributed by atoms with Gasteiger partial charge in [0.15, 0.2) is 5.65 Å². The Morgan fingerprint density at radius 1 is 1.03 bits per heavy atom. The van der Waals surface area contributed by atoms with Crippen molar-refractivity contribution in [1.82, 2.24) is 29.5 Å². The van der Waals surface area contributed by atoms with Crippen LogP contribution in [0.4, 0.5) is 16.2 Å². The van der Waals surface area contributed by atoms with Crippen molar-refractivity contribution in [2.24, 2.45) is 0 Å². The standard InChI is InChI=1S/C28H38N8O2/c1-19(2)33-12-14-34(15-13-33)22-10-8-21(9-11-22)30-28(38)35-17-20(18-35)25-31-26-24(27(37)32-25)16-29-36(26)23-6-4-3-5-7-23/h8-11,16,19-20,23H,3-7,12-15,17-18H2,1-2H3,(H,30,38)(H,31,32,37). The molecule has 0 spiro atoms. The van der Waals surface area contributed by atoms with E-state index in [1.54, 1.807) is 11.1 Å². The maximum absolute atomic E-state index is 12.8. The van der Waals surface area contributed by atoms with Gasteiger partial charge in [-0.05, 0) is 51.0 Å². The van der Waals surface area contributed by atoms with E-state index in [4.69, 9.17) is 4.98 Å². The van der Waals surface area contributed by atoms with Gasteiger partial charge in [-0.2, -0.15) is 5.10 Å². The molecule has 6 rings (SSSR count). The van der Waals surface area contributed by atoms with Gasteiger partial charge in [-0.1, -0.05) is 19.3 Å². The summed E-state index contributed by atoms with van der Waals surface area (Å²) in [6, 6.07) is 8.87. The highest BCUT2D eigenvalue weighted by atomic mass is 16.2. The molecule has 3 fully saturated rings. The third-order valence-electron chi connectivity index (χ3n) is 8.49. The van der Waals surface area contributed by atoms with E-state index in [0.717, 1.165) is 44.7 Å². The second-order valence-electron chi connectivity index (χ2n) is 11.3. The average molecular weight is 519 g/mol. The lowest BCUT2D eigenvalue weighted by Crippen LogP contribution is -2.51. The number of anilines is 2. The van der Waals surface area contributed by atoms with E-state index in [1.807, 2.05) is 16.8 Å². The molecule has 0 unspecified atom stereocenters. The van der Waals surface area contributed by atoms with Gasteiger partial charge in [-0.15, -0.1) is 0 Å². The number of aromatic amines is 1. The van der Waals surface area contributed by atoms with Crippen LogP contribution in [0.15, 0.2) is 35.3 Å². The predicted molar refractivity (Wildman–Crippen MR) is 149 cm³/mol. The Labute approximate surface area is 223 Å². The van der Waals surface area contributed by atoms with E-state index in [-0.39, 0.29) is 17.5 Å². The van der Waals surface area contributed by atoms with Crippen LogP contribution >= 0.6 is 0 Å². The molecule has 0 atom stereocenters. The summed E-state index contributed by atoms with van der Waals surface area (Å²) in [5.41, 5.74) is 2.49. The third-order valence-corrected chi connectivity index (χ3v) is 8.49. The molecule has 3 aliphatic rings. The monoisotopic (exact) mass is 518 g/mol. The summed E-state index contributed by atoms with van der Waals surface area (Å²) in [6.07, 6.45) is 7.42. The van der Waals surface area contributed by atoms with Crippen molar-refractivity contribution < 1.29 is 4.79 Å². The van der Waals surface area contributed by atoms with E-state index in [2.05, 4.69) is 51.2 Å². The molecule has 2 saturated heterocycles. The molecule has 1 aromatic carbocycles. The number of urea groups is 1. The average Bonchev–Trinajstić information content (AvgIpc) is 3.34. The van der Waals surface area contributed by atoms with Gasteiger partial charge in [0, 0.05) is 56.7 Å². The molecule has 10 nitrogen and oxygen atoms in total. The number of carbonyl (C=O) groups excluding carboxylic acids is 1. The van der Waals surface area contributed by atoms with Gasteiger partial charge in [0.25, 0.3) is 5.56 Å². The molecular weight excluding hydrogens is 480 g/mol. The minimum absolute atomic E-state index is 0.0134. The van der Waals surface area contributed by atoms with Crippen molar-refractivity contribution in [3.05, 3.63) is 46.6 Å². The molecule has 1 saturated carbocycles. The summed E-state index contributed by atoms with van der Waals surface area (Å²) >= 11 is 0. The lowest BCUT2D eigenvalue weighted by atomic mass is 9.96. The highest BCUT2D eigenvalue weighted by Crippen LogP contribution is 2.31. The maximum atomic E-state index is 12.8. The van der Waals surface area contributed by atoms with E-state index < -0.39 is 0 Å². The summed E-state index contributed by atoms with van der Waals surface area (Å²) in [5.74, 6) is 0.658. The molecule has 10 heteroatoms. The SMILES string of the molecule is CC(C)N1CCN(c2ccc(NC(=O)N3CC(c4nc5c(cnn5C5CCCCC5)c(=O)[nH]4)C3)cc2)CC1. The normalized spacial score (nSPS) is 19.8. The first-order valence-electron chi connectivity index (χ1n) is 14.1. The second kappa shape index (κ2) is 10.4. The number of nitrogens with zero attached hydrogens (tertiary/aromatic N) is 6. The van der Waals surface area contributed by atoms with Crippen LogP contribution in [0.3, 0.4) is 0 Å². The first-order chi connectivity index (χ1) is 18.5. The summed E-state index contributed by atoms with van der Waals surface area (Å²) in [4.78, 5) is 40.0. The zero-order valence-electron chi connectivity index (χ0n) is 22.4. The molecule has 0 bridgehead atoms. The number of carbonyl (C=O) groups is 1. The number of rotatable bonds is 5. The van der Waals surface area contributed by atoms with Gasteiger partial charge >= 0.3 is 6.03 Å². The number of amides is 2. The molecule has 4 heterocycles. The first-order valence-corrected chi connectivity index (χ1v) is 14.1. The van der Waals surface area contributed by atoms with Crippen molar-refractivity contribution in [1.29, 1.82) is 0 Å². The van der Waals surface area contributed by atoms with Gasteiger partial charge in [-0.25, -0.2) is 14.5 Å². The maximum Gasteiger partial charge on any atom is 0.321 e. The molecule has 202 valence electrons. The molecule has 3 aromatic rings. The Morgan fingerprint density at radius 3 is 2.42 bits per heavy atom. The first kappa shape index (κ1) is 24.9. The fourth-order valence-corrected chi connectivity index (χ4v) is 6.01. The topological polar surface area (TPSA) is 102 Å². The number of aromatic nitrogens is 4. The minimum atomic E-state index is -0.152. The van der Waals surface area contributed by atoms with Crippen molar-refractivity contribution in [2.75, 3.05) is 49.5 Å². The van der Waals surface area contributed by atoms with Crippen molar-refractivity contribution in [3.8, 4) is 0 Å². The van der Waals surface area contributed by atoms with Gasteiger partial charge in [0.1, 0.15) is 11.2 Å². The number of nitrogens with one attached hydrogen (secondary N) is 2. The summed E-state index contributed by atoms with van der Waals surface area (Å²) in [6.45, 7) is 9.71. The summed E-state index contributed by atoms with van der Waals surface area (Å²) in [7, 11) is 0. The Kier molecular flexibility index (Phi) is 6.82. The Morgan fingerprint density at radius 2 is 1.74 bits per heavy atom. The van der Waals surface area contributed by atoms with Gasteiger partial charge < -0.3 is 20.1 Å². The highest BCUT2D eigenvalue weighted by Gasteiger charge is 2.34. The Hall–Kier alpha value is -3.40. The van der Waals surface area contributed by atoms with Crippen LogP contribution in [0.25, 0.3) is 11.0 Å². The predicted octanol–water partition coefficient (Wildman–Crippen LogP) is 3.79. The van der Waals surface area contributed by atoms with Crippen molar-refractivity contribution >= 4 is 28.4 Å². The Balaban J connectivity index is 1.05. The van der Waals surface area contributed by atoms with E-state index in [0.29, 0.717) is 42.0 Å². The van der Waals surface area contributed by atoms with Gasteiger partial charge in [-0.3, -0.25) is 9.69 Å². The largest absolute Gasteiger partial charge is 0.369 e. The van der Waals surface area contributed by atoms with E-state index in [9.17, 15) is 9.59 Å². The van der Waals surface area contributed by atoms with Crippen LogP contribution in [0.5, 0.6) is 0 Å². The van der Waals surface area contributed by atoms with Crippen LogP contribution in [0.1, 0.15) is 63.7 Å². The fourth-order valence-electron chi connectivity index (χ4n) is 6.01. The molecule has 0 radical (unpaired) electrons. The highest BCUT2D eigenvalue weighted by molar-refractivity contribution is 5.90. The number of likely N-dealkylation sites (tertiary alicyclic amines) is 1. The second-order valence-corrected chi connectivity index (χ2v) is 11.3. The Bertz CT molecular complexity index is 1330. The minimum Gasteiger partial charge on any atom is -0.369 e. The molecule has 2 aromatic heterocycles. The summed E-state index contributed by atoms with van der Waals surface area (Å²) < 4.78 is 1.95. The quantitative estimate of drug-likeness (QED) is 0.533. The van der Waals surface area contributed by atoms with Crippen molar-refractivity contribution in [3.63, 3.8) is 0 Å². The molecular formula is C28H38N8O2. The molecule has 38 heavy (non-hydrogen) atoms. The van der Waals surface area contributed by atoms with Gasteiger partial charge in [0.2, 0.25) is 0 Å². The molecule has 2 N–H and O–H groups in total. The van der Waals surface area contributed by atoms with Gasteiger partial charge in [0.05, 0.1) is 18.2 Å². The summed E-state index contributed by atoms with van der Waals surface area (Å²) in [5, 5.41) is 8.07. The molecule has 2 aliphatic heterocycles. The van der Waals surface area contributed by atoms with Crippen LogP contribution in [-0.2, 0) is 0 Å². The number of piperazine rings is 1. The lowest BCUT2D eigenvalue weighted by molar-refractivity contribution is 0.161. The third kappa shape index (κ3) is 4.89. The number of benzene rings is 1.